The van der Waals surface area contributed by atoms with E-state index in [1.165, 1.54) is 31.4 Å². The van der Waals surface area contributed by atoms with Crippen molar-refractivity contribution >= 4 is 41.4 Å². The molecule has 1 saturated heterocycles. The predicted molar refractivity (Wildman–Crippen MR) is 135 cm³/mol. The molecule has 38 heavy (non-hydrogen) atoms. The van der Waals surface area contributed by atoms with E-state index < -0.39 is 17.9 Å². The molecule has 0 saturated carbocycles. The van der Waals surface area contributed by atoms with Crippen LogP contribution in [0.15, 0.2) is 24.0 Å². The number of amides is 2. The monoisotopic (exact) mass is 533 g/mol. The number of esters is 2. The molecule has 0 aliphatic carbocycles. The van der Waals surface area contributed by atoms with Crippen LogP contribution in [0.25, 0.3) is 0 Å². The minimum atomic E-state index is -0.931. The number of piperidine rings is 1. The number of carboxylic acid groups (broad SMARTS) is 1. The minimum absolute atomic E-state index is 0.0405. The van der Waals surface area contributed by atoms with Gasteiger partial charge in [0.1, 0.15) is 0 Å². The zero-order chi connectivity index (χ0) is 29.0. The molecule has 0 bridgehead atoms. The lowest BCUT2D eigenvalue weighted by molar-refractivity contribution is -0.156. The number of hydrogen-bond acceptors (Lipinski definition) is 8. The van der Waals surface area contributed by atoms with E-state index >= 15 is 0 Å². The fourth-order valence-electron chi connectivity index (χ4n) is 3.71. The smallest absolute Gasteiger partial charge is 0.310 e. The lowest BCUT2D eigenvalue weighted by Gasteiger charge is -2.26. The van der Waals surface area contributed by atoms with Crippen LogP contribution in [0.1, 0.15) is 74.6 Å². The lowest BCUT2D eigenvalue weighted by Crippen LogP contribution is -2.40. The van der Waals surface area contributed by atoms with Gasteiger partial charge in [0.05, 0.1) is 11.1 Å². The number of allylic oxidation sites excluding steroid dienone is 1. The number of rotatable bonds is 5. The van der Waals surface area contributed by atoms with Crippen molar-refractivity contribution in [3.8, 4) is 0 Å². The Labute approximate surface area is 221 Å². The van der Waals surface area contributed by atoms with E-state index in [0.717, 1.165) is 25.1 Å². The molecule has 0 atom stereocenters. The van der Waals surface area contributed by atoms with E-state index in [0.29, 0.717) is 25.1 Å². The van der Waals surface area contributed by atoms with Gasteiger partial charge in [-0.25, -0.2) is 0 Å². The van der Waals surface area contributed by atoms with Gasteiger partial charge in [-0.3, -0.25) is 38.1 Å². The largest absolute Gasteiger partial charge is 0.481 e. The summed E-state index contributed by atoms with van der Waals surface area (Å²) < 4.78 is 5.46. The Morgan fingerprint density at radius 1 is 0.895 bits per heavy atom. The maximum absolute atomic E-state index is 11.9. The van der Waals surface area contributed by atoms with Crippen LogP contribution >= 0.6 is 0 Å². The molecule has 2 aliphatic rings. The Bertz CT molecular complexity index is 1110. The molecule has 1 N–H and O–H groups in total. The molecule has 1 fully saturated rings. The van der Waals surface area contributed by atoms with Gasteiger partial charge in [-0.15, -0.1) is 0 Å². The number of likely N-dealkylation sites (N-methyl/N-ethyl adjacent to an activating group) is 2. The Kier molecular flexibility index (Phi) is 12.8. The van der Waals surface area contributed by atoms with Gasteiger partial charge in [0.25, 0.3) is 11.8 Å². The number of carbonyl (C=O) groups is 7. The van der Waals surface area contributed by atoms with Crippen LogP contribution in [0.5, 0.6) is 0 Å². The van der Waals surface area contributed by atoms with E-state index in [2.05, 4.69) is 4.74 Å². The van der Waals surface area contributed by atoms with Gasteiger partial charge in [-0.05, 0) is 32.3 Å². The molecule has 1 aromatic heterocycles. The molecular formula is C26H35N3O9. The number of likely N-dealkylation sites (tertiary alicyclic amines) is 1. The van der Waals surface area contributed by atoms with Crippen molar-refractivity contribution in [1.82, 2.24) is 14.4 Å². The highest BCUT2D eigenvalue weighted by Crippen LogP contribution is 2.19. The third-order valence-electron chi connectivity index (χ3n) is 5.63. The summed E-state index contributed by atoms with van der Waals surface area (Å²) in [5.41, 5.74) is 1.81. The quantitative estimate of drug-likeness (QED) is 0.258. The first kappa shape index (κ1) is 31.9. The molecule has 0 spiro atoms. The van der Waals surface area contributed by atoms with E-state index in [4.69, 9.17) is 5.11 Å². The van der Waals surface area contributed by atoms with Crippen LogP contribution in [0.4, 0.5) is 0 Å². The van der Waals surface area contributed by atoms with Crippen LogP contribution in [-0.4, -0.2) is 87.1 Å². The summed E-state index contributed by atoms with van der Waals surface area (Å²) in [5.74, 6) is -2.52. The third-order valence-corrected chi connectivity index (χ3v) is 5.63. The molecular weight excluding hydrogens is 498 g/mol. The minimum Gasteiger partial charge on any atom is -0.481 e. The molecule has 0 radical (unpaired) electrons. The van der Waals surface area contributed by atoms with Crippen molar-refractivity contribution in [2.24, 2.45) is 0 Å². The highest BCUT2D eigenvalue weighted by Gasteiger charge is 2.28. The average Bonchev–Trinajstić information content (AvgIpc) is 3.27. The first-order valence-electron chi connectivity index (χ1n) is 12.3. The maximum Gasteiger partial charge on any atom is 0.310 e. The van der Waals surface area contributed by atoms with Crippen molar-refractivity contribution in [1.29, 1.82) is 0 Å². The number of hydrogen-bond donors (Lipinski definition) is 1. The SMILES string of the molecule is CC(=O)OC(C)=O.CCN1CCC(=O)C(=CCCC(=O)O)C1=O.CCN1CCc2cn(C(C)=O)cc2C1=O. The van der Waals surface area contributed by atoms with Crippen LogP contribution in [0.3, 0.4) is 0 Å². The molecule has 0 unspecified atom stereocenters. The topological polar surface area (TPSA) is 160 Å². The van der Waals surface area contributed by atoms with Gasteiger partial charge in [0.15, 0.2) is 5.78 Å². The first-order chi connectivity index (χ1) is 17.8. The Balaban J connectivity index is 0.000000307. The molecule has 12 heteroatoms. The van der Waals surface area contributed by atoms with Gasteiger partial charge >= 0.3 is 17.9 Å². The average molecular weight is 534 g/mol. The van der Waals surface area contributed by atoms with Gasteiger partial charge in [0.2, 0.25) is 5.91 Å². The number of Topliss-reactive ketones (excluding diaryl/α,β-unsaturated/α-hetero) is 1. The van der Waals surface area contributed by atoms with E-state index in [9.17, 15) is 33.6 Å². The number of nitrogens with zero attached hydrogens (tertiary/aromatic N) is 3. The zero-order valence-electron chi connectivity index (χ0n) is 22.4. The summed E-state index contributed by atoms with van der Waals surface area (Å²) in [7, 11) is 0. The molecule has 3 rings (SSSR count). The Morgan fingerprint density at radius 3 is 1.92 bits per heavy atom. The Morgan fingerprint density at radius 2 is 1.45 bits per heavy atom. The molecule has 2 aliphatic heterocycles. The second kappa shape index (κ2) is 15.2. The summed E-state index contributed by atoms with van der Waals surface area (Å²) in [6.07, 6.45) is 6.19. The molecule has 208 valence electrons. The number of aliphatic carboxylic acids is 1. The second-order valence-electron chi connectivity index (χ2n) is 8.45. The zero-order valence-corrected chi connectivity index (χ0v) is 22.4. The van der Waals surface area contributed by atoms with Gasteiger partial charge < -0.3 is 19.6 Å². The molecule has 12 nitrogen and oxygen atoms in total. The summed E-state index contributed by atoms with van der Waals surface area (Å²) in [4.78, 5) is 79.6. The second-order valence-corrected chi connectivity index (χ2v) is 8.45. The summed E-state index contributed by atoms with van der Waals surface area (Å²) in [6.45, 7) is 10.2. The number of carbonyl (C=O) groups excluding carboxylic acids is 6. The van der Waals surface area contributed by atoms with Gasteiger partial charge in [0, 0.05) is 72.2 Å². The standard InChI is InChI=1S/C11H14N2O2.C11H15NO4.C4H6O3/c1-3-12-5-4-9-6-13(8(2)14)7-10(9)11(12)15;1-2-12-7-6-9(13)8(11(12)16)4-3-5-10(14)15;1-3(5)7-4(2)6/h6-7H,3-5H2,1-2H3;4H,2-3,5-7H2,1H3,(H,14,15);1-2H3. The first-order valence-corrected chi connectivity index (χ1v) is 12.3. The van der Waals surface area contributed by atoms with Crippen LogP contribution in [0, 0.1) is 0 Å². The summed E-state index contributed by atoms with van der Waals surface area (Å²) in [5, 5.41) is 8.46. The summed E-state index contributed by atoms with van der Waals surface area (Å²) in [6, 6.07) is 0. The fourth-order valence-corrected chi connectivity index (χ4v) is 3.71. The van der Waals surface area contributed by atoms with E-state index in [1.54, 1.807) is 22.2 Å². The highest BCUT2D eigenvalue weighted by molar-refractivity contribution is 6.20. The van der Waals surface area contributed by atoms with Gasteiger partial charge in [-0.1, -0.05) is 6.08 Å². The van der Waals surface area contributed by atoms with Gasteiger partial charge in [-0.2, -0.15) is 0 Å². The Hall–Kier alpha value is -4.09. The molecule has 2 amide bonds. The van der Waals surface area contributed by atoms with Crippen LogP contribution < -0.4 is 0 Å². The van der Waals surface area contributed by atoms with Crippen molar-refractivity contribution in [2.45, 2.75) is 60.3 Å². The maximum atomic E-state index is 11.9. The fraction of sp³-hybridized carbons (Fsp3) is 0.500. The number of ketones is 1. The number of fused-ring (bicyclic) bond motifs is 1. The molecule has 1 aromatic rings. The molecule has 3 heterocycles. The van der Waals surface area contributed by atoms with Crippen molar-refractivity contribution in [2.75, 3.05) is 26.2 Å². The van der Waals surface area contributed by atoms with Crippen molar-refractivity contribution in [3.63, 3.8) is 0 Å². The number of aromatic nitrogens is 1. The van der Waals surface area contributed by atoms with E-state index in [-0.39, 0.29) is 41.9 Å². The van der Waals surface area contributed by atoms with Crippen molar-refractivity contribution in [3.05, 3.63) is 35.2 Å². The highest BCUT2D eigenvalue weighted by atomic mass is 16.6. The summed E-state index contributed by atoms with van der Waals surface area (Å²) >= 11 is 0. The van der Waals surface area contributed by atoms with E-state index in [1.807, 2.05) is 13.8 Å². The predicted octanol–water partition coefficient (Wildman–Crippen LogP) is 1.86. The number of ether oxygens (including phenoxy) is 1. The normalized spacial score (nSPS) is 15.6. The van der Waals surface area contributed by atoms with Crippen molar-refractivity contribution < 1.29 is 43.4 Å². The lowest BCUT2D eigenvalue weighted by atomic mass is 10.0. The third kappa shape index (κ3) is 9.75. The van der Waals surface area contributed by atoms with Crippen LogP contribution in [-0.2, 0) is 35.1 Å². The number of carboxylic acids is 1. The molecule has 0 aromatic carbocycles. The van der Waals surface area contributed by atoms with Crippen LogP contribution in [0.2, 0.25) is 0 Å².